The van der Waals surface area contributed by atoms with Crippen LogP contribution in [0.15, 0.2) is 56.2 Å². The minimum absolute atomic E-state index is 0.162. The van der Waals surface area contributed by atoms with Gasteiger partial charge in [0.25, 0.3) is 10.0 Å². The summed E-state index contributed by atoms with van der Waals surface area (Å²) in [4.78, 5) is 0.162. The summed E-state index contributed by atoms with van der Waals surface area (Å²) < 4.78 is 35.1. The summed E-state index contributed by atoms with van der Waals surface area (Å²) in [6.45, 7) is 0.950. The predicted octanol–water partition coefficient (Wildman–Crippen LogP) is 3.72. The van der Waals surface area contributed by atoms with E-state index in [4.69, 9.17) is 4.74 Å². The quantitative estimate of drug-likeness (QED) is 0.364. The molecule has 0 fully saturated rings. The van der Waals surface area contributed by atoms with Gasteiger partial charge >= 0.3 is 0 Å². The number of quaternary nitrogens is 1. The molecule has 0 aromatic heterocycles. The van der Waals surface area contributed by atoms with Gasteiger partial charge in [0.1, 0.15) is 10.6 Å². The van der Waals surface area contributed by atoms with Crippen molar-refractivity contribution in [2.45, 2.75) is 17.7 Å². The van der Waals surface area contributed by atoms with Crippen LogP contribution in [0.1, 0.15) is 24.0 Å². The molecule has 0 saturated carbocycles. The highest BCUT2D eigenvalue weighted by atomic mass is 79.9. The van der Waals surface area contributed by atoms with Gasteiger partial charge in [-0.05, 0) is 30.7 Å². The molecule has 0 N–H and O–H groups in total. The molecular formula is C19H21BrN2O4S. The van der Waals surface area contributed by atoms with Gasteiger partial charge in [0.05, 0.1) is 33.0 Å². The summed E-state index contributed by atoms with van der Waals surface area (Å²) in [7, 11) is -0.525. The van der Waals surface area contributed by atoms with Gasteiger partial charge in [-0.15, -0.1) is 0 Å². The van der Waals surface area contributed by atoms with Crippen molar-refractivity contribution < 1.29 is 17.8 Å². The van der Waals surface area contributed by atoms with Crippen LogP contribution < -0.4 is 4.74 Å². The minimum atomic E-state index is -3.74. The lowest BCUT2D eigenvalue weighted by molar-refractivity contribution is -0.840. The van der Waals surface area contributed by atoms with E-state index in [0.29, 0.717) is 30.2 Å². The number of hydrogen-bond donors (Lipinski definition) is 0. The molecule has 6 nitrogen and oxygen atoms in total. The molecular weight excluding hydrogens is 432 g/mol. The number of benzene rings is 2. The third-order valence-electron chi connectivity index (χ3n) is 4.17. The zero-order valence-electron chi connectivity index (χ0n) is 15.2. The first-order chi connectivity index (χ1) is 12.7. The molecule has 0 radical (unpaired) electrons. The van der Waals surface area contributed by atoms with Crippen molar-refractivity contribution in [3.05, 3.63) is 63.3 Å². The molecule has 0 bridgehead atoms. The van der Waals surface area contributed by atoms with E-state index in [2.05, 4.69) is 20.3 Å². The van der Waals surface area contributed by atoms with Crippen LogP contribution in [-0.2, 0) is 10.0 Å². The van der Waals surface area contributed by atoms with Crippen LogP contribution in [0.5, 0.6) is 5.75 Å². The summed E-state index contributed by atoms with van der Waals surface area (Å²) in [6.07, 6.45) is 1.48. The molecule has 1 aliphatic heterocycles. The molecule has 0 amide bonds. The van der Waals surface area contributed by atoms with Crippen LogP contribution in [0.4, 0.5) is 0 Å². The SMILES string of the molecule is C[N+](C)([O-])CCCCOc1ccc2c(c1)S(=O)(=O)N=C2c1ccc(Br)cc1. The molecule has 27 heavy (non-hydrogen) atoms. The molecule has 3 rings (SSSR count). The van der Waals surface area contributed by atoms with Gasteiger partial charge < -0.3 is 14.6 Å². The van der Waals surface area contributed by atoms with E-state index < -0.39 is 10.0 Å². The molecule has 8 heteroatoms. The Kier molecular flexibility index (Phi) is 5.71. The second-order valence-corrected chi connectivity index (χ2v) is 9.42. The highest BCUT2D eigenvalue weighted by molar-refractivity contribution is 9.10. The van der Waals surface area contributed by atoms with E-state index in [1.165, 1.54) is 6.07 Å². The molecule has 2 aromatic carbocycles. The van der Waals surface area contributed by atoms with Crippen LogP contribution >= 0.6 is 15.9 Å². The van der Waals surface area contributed by atoms with Gasteiger partial charge in [0, 0.05) is 28.1 Å². The van der Waals surface area contributed by atoms with E-state index in [0.717, 1.165) is 22.9 Å². The van der Waals surface area contributed by atoms with Gasteiger partial charge in [-0.1, -0.05) is 28.1 Å². The average molecular weight is 453 g/mol. The topological polar surface area (TPSA) is 78.8 Å². The predicted molar refractivity (Wildman–Crippen MR) is 108 cm³/mol. The monoisotopic (exact) mass is 452 g/mol. The molecule has 0 spiro atoms. The van der Waals surface area contributed by atoms with Crippen LogP contribution in [-0.4, -0.2) is 46.0 Å². The molecule has 0 saturated heterocycles. The van der Waals surface area contributed by atoms with Crippen molar-refractivity contribution >= 4 is 31.7 Å². The Morgan fingerprint density at radius 2 is 1.81 bits per heavy atom. The Morgan fingerprint density at radius 3 is 2.48 bits per heavy atom. The third kappa shape index (κ3) is 4.95. The summed E-state index contributed by atoms with van der Waals surface area (Å²) in [5.74, 6) is 0.487. The third-order valence-corrected chi connectivity index (χ3v) is 6.02. The highest BCUT2D eigenvalue weighted by Gasteiger charge is 2.30. The first kappa shape index (κ1) is 20.0. The van der Waals surface area contributed by atoms with Crippen molar-refractivity contribution in [3.63, 3.8) is 0 Å². The first-order valence-electron chi connectivity index (χ1n) is 8.58. The van der Waals surface area contributed by atoms with Gasteiger partial charge in [-0.3, -0.25) is 0 Å². The van der Waals surface area contributed by atoms with E-state index in [9.17, 15) is 13.6 Å². The Labute approximate surface area is 167 Å². The van der Waals surface area contributed by atoms with Crippen LogP contribution in [0, 0.1) is 5.21 Å². The van der Waals surface area contributed by atoms with Crippen LogP contribution in [0.2, 0.25) is 0 Å². The summed E-state index contributed by atoms with van der Waals surface area (Å²) in [6, 6.07) is 12.4. The maximum absolute atomic E-state index is 12.5. The molecule has 1 aliphatic rings. The van der Waals surface area contributed by atoms with E-state index >= 15 is 0 Å². The molecule has 144 valence electrons. The first-order valence-corrected chi connectivity index (χ1v) is 10.8. The van der Waals surface area contributed by atoms with Crippen LogP contribution in [0.25, 0.3) is 0 Å². The Hall–Kier alpha value is -1.74. The van der Waals surface area contributed by atoms with Crippen molar-refractivity contribution in [3.8, 4) is 5.75 Å². The number of unbranched alkanes of at least 4 members (excludes halogenated alkanes) is 1. The van der Waals surface area contributed by atoms with Crippen molar-refractivity contribution in [1.82, 2.24) is 0 Å². The van der Waals surface area contributed by atoms with Gasteiger partial charge in [-0.2, -0.15) is 12.8 Å². The fraction of sp³-hybridized carbons (Fsp3) is 0.316. The van der Waals surface area contributed by atoms with Crippen molar-refractivity contribution in [1.29, 1.82) is 0 Å². The number of fused-ring (bicyclic) bond motifs is 1. The van der Waals surface area contributed by atoms with Crippen molar-refractivity contribution in [2.75, 3.05) is 27.2 Å². The molecule has 2 aromatic rings. The zero-order valence-corrected chi connectivity index (χ0v) is 17.6. The smallest absolute Gasteiger partial charge is 0.283 e. The largest absolute Gasteiger partial charge is 0.633 e. The summed E-state index contributed by atoms with van der Waals surface area (Å²) >= 11 is 3.37. The van der Waals surface area contributed by atoms with Gasteiger partial charge in [-0.25, -0.2) is 0 Å². The van der Waals surface area contributed by atoms with Crippen LogP contribution in [0.3, 0.4) is 0 Å². The number of hydrogen-bond acceptors (Lipinski definition) is 4. The number of nitrogens with zero attached hydrogens (tertiary/aromatic N) is 2. The molecule has 0 atom stereocenters. The molecule has 0 unspecified atom stereocenters. The minimum Gasteiger partial charge on any atom is -0.633 e. The Balaban J connectivity index is 1.73. The normalized spacial score (nSPS) is 15.3. The molecule has 1 heterocycles. The van der Waals surface area contributed by atoms with Gasteiger partial charge in [0.2, 0.25) is 0 Å². The lowest BCUT2D eigenvalue weighted by Crippen LogP contribution is -2.33. The fourth-order valence-electron chi connectivity index (χ4n) is 2.82. The molecule has 0 aliphatic carbocycles. The number of sulfonamides is 1. The Bertz CT molecular complexity index is 964. The lowest BCUT2D eigenvalue weighted by Gasteiger charge is -2.33. The lowest BCUT2D eigenvalue weighted by atomic mass is 10.0. The number of ether oxygens (including phenoxy) is 1. The van der Waals surface area contributed by atoms with E-state index in [1.54, 1.807) is 26.2 Å². The maximum Gasteiger partial charge on any atom is 0.283 e. The second kappa shape index (κ2) is 7.71. The average Bonchev–Trinajstić information content (AvgIpc) is 2.85. The summed E-state index contributed by atoms with van der Waals surface area (Å²) in [5, 5.41) is 11.5. The fourth-order valence-corrected chi connectivity index (χ4v) is 4.34. The highest BCUT2D eigenvalue weighted by Crippen LogP contribution is 2.32. The van der Waals surface area contributed by atoms with E-state index in [-0.39, 0.29) is 9.54 Å². The number of halogens is 1. The number of hydroxylamine groups is 3. The Morgan fingerprint density at radius 1 is 1.11 bits per heavy atom. The standard InChI is InChI=1S/C19H21BrN2O4S/c1-22(2,23)11-3-4-12-26-16-9-10-17-18(13-16)27(24,25)21-19(17)14-5-7-15(20)8-6-14/h5-10,13H,3-4,11-12H2,1-2H3. The number of rotatable bonds is 7. The maximum atomic E-state index is 12.5. The summed E-state index contributed by atoms with van der Waals surface area (Å²) in [5.41, 5.74) is 1.77. The van der Waals surface area contributed by atoms with Crippen molar-refractivity contribution in [2.24, 2.45) is 4.40 Å². The zero-order chi connectivity index (χ0) is 19.7. The van der Waals surface area contributed by atoms with Gasteiger partial charge in [0.15, 0.2) is 0 Å². The second-order valence-electron chi connectivity index (χ2n) is 6.93. The van der Waals surface area contributed by atoms with E-state index in [1.807, 2.05) is 24.3 Å².